The molecule has 44 heavy (non-hydrogen) atoms. The molecule has 4 aromatic rings. The maximum atomic E-state index is 13.6. The quantitative estimate of drug-likeness (QED) is 0.107. The van der Waals surface area contributed by atoms with Crippen LogP contribution in [0.15, 0.2) is 112 Å². The van der Waals surface area contributed by atoms with Gasteiger partial charge in [0.25, 0.3) is 11.8 Å². The molecule has 10 heteroatoms. The minimum absolute atomic E-state index is 0.0319. The Morgan fingerprint density at radius 2 is 1.55 bits per heavy atom. The second-order valence-electron chi connectivity index (χ2n) is 9.49. The molecule has 0 radical (unpaired) electrons. The largest absolute Gasteiger partial charge is 0.493 e. The molecule has 0 aliphatic rings. The van der Waals surface area contributed by atoms with Gasteiger partial charge in [0.15, 0.2) is 11.5 Å². The SMILES string of the molecule is CCC(Sc1cccc(NC(=O)/C(=C\c2ccc(OC)c(OC)c2)NC(=O)c2ccccc2)c1)C(=O)Nc1ccc(Br)cc1. The van der Waals surface area contributed by atoms with E-state index < -0.39 is 11.8 Å². The van der Waals surface area contributed by atoms with Crippen LogP contribution in [0.2, 0.25) is 0 Å². The van der Waals surface area contributed by atoms with Gasteiger partial charge in [-0.2, -0.15) is 0 Å². The van der Waals surface area contributed by atoms with Crippen LogP contribution in [-0.4, -0.2) is 37.2 Å². The Hall–Kier alpha value is -4.54. The van der Waals surface area contributed by atoms with Crippen molar-refractivity contribution in [1.82, 2.24) is 5.32 Å². The zero-order valence-corrected chi connectivity index (χ0v) is 26.8. The Morgan fingerprint density at radius 3 is 2.23 bits per heavy atom. The average molecular weight is 675 g/mol. The maximum Gasteiger partial charge on any atom is 0.272 e. The fourth-order valence-corrected chi connectivity index (χ4v) is 5.42. The van der Waals surface area contributed by atoms with Crippen LogP contribution in [0.25, 0.3) is 6.08 Å². The van der Waals surface area contributed by atoms with Gasteiger partial charge in [-0.25, -0.2) is 0 Å². The summed E-state index contributed by atoms with van der Waals surface area (Å²) in [5.41, 5.74) is 2.28. The highest BCUT2D eigenvalue weighted by molar-refractivity contribution is 9.10. The number of anilines is 2. The molecular formula is C34H32BrN3O5S. The second kappa shape index (κ2) is 15.8. The van der Waals surface area contributed by atoms with Crippen molar-refractivity contribution in [2.45, 2.75) is 23.5 Å². The first-order valence-electron chi connectivity index (χ1n) is 13.7. The number of carbonyl (C=O) groups excluding carboxylic acids is 3. The fraction of sp³-hybridized carbons (Fsp3) is 0.147. The summed E-state index contributed by atoms with van der Waals surface area (Å²) in [6, 6.07) is 28.5. The van der Waals surface area contributed by atoms with E-state index in [1.165, 1.54) is 26.0 Å². The summed E-state index contributed by atoms with van der Waals surface area (Å²) in [6.45, 7) is 1.95. The summed E-state index contributed by atoms with van der Waals surface area (Å²) >= 11 is 4.80. The Kier molecular flexibility index (Phi) is 11.6. The lowest BCUT2D eigenvalue weighted by atomic mass is 10.1. The summed E-state index contributed by atoms with van der Waals surface area (Å²) in [7, 11) is 3.06. The first-order chi connectivity index (χ1) is 21.3. The molecule has 226 valence electrons. The molecule has 0 aromatic heterocycles. The van der Waals surface area contributed by atoms with Gasteiger partial charge in [0, 0.05) is 26.3 Å². The van der Waals surface area contributed by atoms with Gasteiger partial charge in [0.2, 0.25) is 5.91 Å². The van der Waals surface area contributed by atoms with E-state index in [0.29, 0.717) is 40.4 Å². The number of rotatable bonds is 12. The number of benzene rings is 4. The molecule has 0 heterocycles. The molecule has 0 saturated carbocycles. The lowest BCUT2D eigenvalue weighted by molar-refractivity contribution is -0.116. The van der Waals surface area contributed by atoms with Crippen molar-refractivity contribution < 1.29 is 23.9 Å². The Labute approximate surface area is 269 Å². The molecule has 1 atom stereocenters. The predicted molar refractivity (Wildman–Crippen MR) is 179 cm³/mol. The zero-order chi connectivity index (χ0) is 31.5. The number of thioether (sulfide) groups is 1. The third kappa shape index (κ3) is 8.98. The molecule has 0 saturated heterocycles. The van der Waals surface area contributed by atoms with Crippen LogP contribution < -0.4 is 25.4 Å². The van der Waals surface area contributed by atoms with Gasteiger partial charge in [-0.15, -0.1) is 11.8 Å². The van der Waals surface area contributed by atoms with Gasteiger partial charge in [0.1, 0.15) is 5.70 Å². The molecule has 0 aliphatic carbocycles. The van der Waals surface area contributed by atoms with E-state index in [9.17, 15) is 14.4 Å². The van der Waals surface area contributed by atoms with E-state index in [4.69, 9.17) is 9.47 Å². The van der Waals surface area contributed by atoms with Crippen molar-refractivity contribution in [2.24, 2.45) is 0 Å². The molecule has 8 nitrogen and oxygen atoms in total. The van der Waals surface area contributed by atoms with Gasteiger partial charge in [-0.3, -0.25) is 14.4 Å². The topological polar surface area (TPSA) is 106 Å². The zero-order valence-electron chi connectivity index (χ0n) is 24.4. The van der Waals surface area contributed by atoms with Crippen LogP contribution >= 0.6 is 27.7 Å². The summed E-state index contributed by atoms with van der Waals surface area (Å²) in [5.74, 6) is -0.0485. The van der Waals surface area contributed by atoms with E-state index in [1.807, 2.05) is 43.3 Å². The number of amides is 3. The van der Waals surface area contributed by atoms with Crippen LogP contribution in [0.4, 0.5) is 11.4 Å². The number of hydrogen-bond donors (Lipinski definition) is 3. The van der Waals surface area contributed by atoms with Gasteiger partial charge >= 0.3 is 0 Å². The third-order valence-corrected chi connectivity index (χ3v) is 8.28. The van der Waals surface area contributed by atoms with E-state index in [2.05, 4.69) is 31.9 Å². The van der Waals surface area contributed by atoms with Crippen molar-refractivity contribution in [1.29, 1.82) is 0 Å². The first kappa shape index (κ1) is 32.4. The summed E-state index contributed by atoms with van der Waals surface area (Å²) in [4.78, 5) is 40.4. The van der Waals surface area contributed by atoms with Crippen LogP contribution in [0.1, 0.15) is 29.3 Å². The lowest BCUT2D eigenvalue weighted by Gasteiger charge is -2.16. The van der Waals surface area contributed by atoms with Crippen molar-refractivity contribution in [3.8, 4) is 11.5 Å². The molecule has 1 unspecified atom stereocenters. The molecule has 0 bridgehead atoms. The molecule has 0 fully saturated rings. The minimum atomic E-state index is -0.522. The van der Waals surface area contributed by atoms with Gasteiger partial charge in [0.05, 0.1) is 19.5 Å². The molecule has 0 spiro atoms. The molecule has 3 N–H and O–H groups in total. The normalized spacial score (nSPS) is 11.7. The van der Waals surface area contributed by atoms with Crippen molar-refractivity contribution in [3.05, 3.63) is 118 Å². The van der Waals surface area contributed by atoms with Crippen molar-refractivity contribution in [3.63, 3.8) is 0 Å². The number of carbonyl (C=O) groups is 3. The summed E-state index contributed by atoms with van der Waals surface area (Å²) in [5, 5.41) is 8.23. The number of hydrogen-bond acceptors (Lipinski definition) is 6. The molecule has 4 rings (SSSR count). The summed E-state index contributed by atoms with van der Waals surface area (Å²) < 4.78 is 11.6. The van der Waals surface area contributed by atoms with E-state index >= 15 is 0 Å². The smallest absolute Gasteiger partial charge is 0.272 e. The summed E-state index contributed by atoms with van der Waals surface area (Å²) in [6.07, 6.45) is 2.17. The number of ether oxygens (including phenoxy) is 2. The Balaban J connectivity index is 1.53. The van der Waals surface area contributed by atoms with Gasteiger partial charge in [-0.05, 0) is 84.8 Å². The number of nitrogens with one attached hydrogen (secondary N) is 3. The first-order valence-corrected chi connectivity index (χ1v) is 15.4. The molecule has 4 aromatic carbocycles. The van der Waals surface area contributed by atoms with Crippen LogP contribution in [-0.2, 0) is 9.59 Å². The third-order valence-electron chi connectivity index (χ3n) is 6.39. The fourth-order valence-electron chi connectivity index (χ4n) is 4.14. The van der Waals surface area contributed by atoms with Crippen LogP contribution in [0.5, 0.6) is 11.5 Å². The van der Waals surface area contributed by atoms with E-state index in [0.717, 1.165) is 9.37 Å². The van der Waals surface area contributed by atoms with Crippen LogP contribution in [0, 0.1) is 0 Å². The van der Waals surface area contributed by atoms with E-state index in [-0.39, 0.29) is 16.9 Å². The number of methoxy groups -OCH3 is 2. The average Bonchev–Trinajstić information content (AvgIpc) is 3.04. The predicted octanol–water partition coefficient (Wildman–Crippen LogP) is 7.39. The molecule has 3 amide bonds. The van der Waals surface area contributed by atoms with Crippen LogP contribution in [0.3, 0.4) is 0 Å². The lowest BCUT2D eigenvalue weighted by Crippen LogP contribution is -2.30. The second-order valence-corrected chi connectivity index (χ2v) is 11.7. The highest BCUT2D eigenvalue weighted by Crippen LogP contribution is 2.30. The number of halogens is 1. The standard InChI is InChI=1S/C34H32BrN3O5S/c1-4-31(34(41)36-25-16-14-24(35)15-17-25)44-27-12-8-11-26(21-27)37-33(40)28(38-32(39)23-9-6-5-7-10-23)19-22-13-18-29(42-2)30(20-22)43-3/h5-21,31H,4H2,1-3H3,(H,36,41)(H,37,40)(H,38,39)/b28-19+. The monoisotopic (exact) mass is 673 g/mol. The minimum Gasteiger partial charge on any atom is -0.493 e. The van der Waals surface area contributed by atoms with Crippen molar-refractivity contribution in [2.75, 3.05) is 24.9 Å². The van der Waals surface area contributed by atoms with Gasteiger partial charge < -0.3 is 25.4 Å². The Morgan fingerprint density at radius 1 is 0.818 bits per heavy atom. The van der Waals surface area contributed by atoms with E-state index in [1.54, 1.807) is 66.7 Å². The highest BCUT2D eigenvalue weighted by atomic mass is 79.9. The van der Waals surface area contributed by atoms with Gasteiger partial charge in [-0.1, -0.05) is 53.2 Å². The molecule has 0 aliphatic heterocycles. The highest BCUT2D eigenvalue weighted by Gasteiger charge is 2.20. The Bertz CT molecular complexity index is 1640. The maximum absolute atomic E-state index is 13.6. The van der Waals surface area contributed by atoms with Crippen molar-refractivity contribution >= 4 is 62.9 Å². The molecular weight excluding hydrogens is 642 g/mol.